The molecule has 0 radical (unpaired) electrons. The number of fused-ring (bicyclic) bond motifs is 1. The topological polar surface area (TPSA) is 56.7 Å². The molecule has 0 fully saturated rings. The highest BCUT2D eigenvalue weighted by atomic mass is 35.5. The van der Waals surface area contributed by atoms with Gasteiger partial charge in [0.25, 0.3) is 0 Å². The molecule has 0 bridgehead atoms. The highest BCUT2D eigenvalue weighted by Gasteiger charge is 2.13. The van der Waals surface area contributed by atoms with Crippen LogP contribution in [0.15, 0.2) is 28.9 Å². The van der Waals surface area contributed by atoms with Crippen molar-refractivity contribution < 1.29 is 4.52 Å². The second-order valence-electron chi connectivity index (χ2n) is 4.02. The zero-order chi connectivity index (χ0) is 12.5. The van der Waals surface area contributed by atoms with Crippen molar-refractivity contribution in [2.45, 2.75) is 19.3 Å². The average Bonchev–Trinajstić information content (AvgIpc) is 2.98. The lowest BCUT2D eigenvalue weighted by molar-refractivity contribution is 0.376. The van der Waals surface area contributed by atoms with Gasteiger partial charge in [-0.25, -0.2) is 9.97 Å². The molecule has 0 unspecified atom stereocenters. The molecule has 3 aromatic rings. The number of aryl methyl sites for hydroxylation is 1. The normalized spacial score (nSPS) is 11.2. The van der Waals surface area contributed by atoms with Crippen molar-refractivity contribution >= 4 is 22.8 Å². The highest BCUT2D eigenvalue weighted by molar-refractivity contribution is 6.16. The molecule has 0 saturated heterocycles. The summed E-state index contributed by atoms with van der Waals surface area (Å²) in [6, 6.07) is 5.70. The quantitative estimate of drug-likeness (QED) is 0.681. The van der Waals surface area contributed by atoms with Crippen LogP contribution in [0.1, 0.15) is 17.3 Å². The number of halogens is 1. The Morgan fingerprint density at radius 1 is 1.28 bits per heavy atom. The highest BCUT2D eigenvalue weighted by Crippen LogP contribution is 2.18. The predicted molar refractivity (Wildman–Crippen MR) is 67.4 cm³/mol. The van der Waals surface area contributed by atoms with E-state index in [1.165, 1.54) is 0 Å². The van der Waals surface area contributed by atoms with Gasteiger partial charge in [-0.05, 0) is 19.1 Å². The lowest BCUT2D eigenvalue weighted by Gasteiger charge is -2.04. The fourth-order valence-corrected chi connectivity index (χ4v) is 2.09. The van der Waals surface area contributed by atoms with E-state index in [9.17, 15) is 0 Å². The summed E-state index contributed by atoms with van der Waals surface area (Å²) in [7, 11) is 0. The number of rotatable bonds is 3. The van der Waals surface area contributed by atoms with E-state index in [2.05, 4.69) is 15.1 Å². The zero-order valence-electron chi connectivity index (χ0n) is 9.80. The molecule has 0 aliphatic heterocycles. The number of alkyl halides is 1. The largest absolute Gasteiger partial charge is 0.359 e. The van der Waals surface area contributed by atoms with Gasteiger partial charge in [0.1, 0.15) is 11.3 Å². The molecule has 3 heterocycles. The minimum atomic E-state index is 0.337. The minimum Gasteiger partial charge on any atom is -0.359 e. The molecule has 0 amide bonds. The van der Waals surface area contributed by atoms with Crippen LogP contribution in [-0.2, 0) is 12.4 Å². The Morgan fingerprint density at radius 3 is 2.89 bits per heavy atom. The Kier molecular flexibility index (Phi) is 2.76. The Morgan fingerprint density at radius 2 is 2.17 bits per heavy atom. The summed E-state index contributed by atoms with van der Waals surface area (Å²) >= 11 is 5.93. The van der Waals surface area contributed by atoms with E-state index in [1.807, 2.05) is 29.7 Å². The minimum absolute atomic E-state index is 0.337. The maximum atomic E-state index is 5.93. The van der Waals surface area contributed by atoms with Crippen molar-refractivity contribution in [1.82, 2.24) is 19.7 Å². The standard InChI is InChI=1S/C12H11ClN4O/c1-8-2-3-10-12(15-8)17(11(6-13)16-10)7-9-4-5-14-18-9/h2-5H,6-7H2,1H3. The van der Waals surface area contributed by atoms with Crippen LogP contribution in [0, 0.1) is 6.92 Å². The molecule has 18 heavy (non-hydrogen) atoms. The van der Waals surface area contributed by atoms with Crippen LogP contribution in [0.2, 0.25) is 0 Å². The van der Waals surface area contributed by atoms with Crippen molar-refractivity contribution in [3.8, 4) is 0 Å². The molecule has 6 heteroatoms. The maximum Gasteiger partial charge on any atom is 0.160 e. The molecule has 5 nitrogen and oxygen atoms in total. The number of hydrogen-bond donors (Lipinski definition) is 0. The molecule has 3 rings (SSSR count). The second-order valence-corrected chi connectivity index (χ2v) is 4.29. The summed E-state index contributed by atoms with van der Waals surface area (Å²) in [5.74, 6) is 1.87. The first kappa shape index (κ1) is 11.2. The van der Waals surface area contributed by atoms with Crippen LogP contribution in [0.5, 0.6) is 0 Å². The molecular weight excluding hydrogens is 252 g/mol. The number of imidazole rings is 1. The predicted octanol–water partition coefficient (Wildman–Crippen LogP) is 2.51. The van der Waals surface area contributed by atoms with Crippen molar-refractivity contribution in [3.05, 3.63) is 41.7 Å². The van der Waals surface area contributed by atoms with Gasteiger partial charge in [-0.3, -0.25) is 0 Å². The lowest BCUT2D eigenvalue weighted by atomic mass is 10.3. The first-order chi connectivity index (χ1) is 8.78. The molecule has 0 saturated carbocycles. The zero-order valence-corrected chi connectivity index (χ0v) is 10.6. The summed E-state index contributed by atoms with van der Waals surface area (Å²) in [5, 5.41) is 3.69. The van der Waals surface area contributed by atoms with Crippen molar-refractivity contribution in [3.63, 3.8) is 0 Å². The molecular formula is C12H11ClN4O. The van der Waals surface area contributed by atoms with E-state index in [0.717, 1.165) is 28.4 Å². The fourth-order valence-electron chi connectivity index (χ4n) is 1.89. The van der Waals surface area contributed by atoms with Gasteiger partial charge < -0.3 is 9.09 Å². The van der Waals surface area contributed by atoms with E-state index >= 15 is 0 Å². The Balaban J connectivity index is 2.15. The Bertz CT molecular complexity index is 675. The van der Waals surface area contributed by atoms with Gasteiger partial charge in [0.05, 0.1) is 18.6 Å². The summed E-state index contributed by atoms with van der Waals surface area (Å²) in [6.07, 6.45) is 1.62. The average molecular weight is 263 g/mol. The van der Waals surface area contributed by atoms with Crippen LogP contribution in [0.25, 0.3) is 11.2 Å². The van der Waals surface area contributed by atoms with Crippen LogP contribution in [-0.4, -0.2) is 19.7 Å². The molecule has 0 aliphatic carbocycles. The van der Waals surface area contributed by atoms with Crippen molar-refractivity contribution in [2.75, 3.05) is 0 Å². The van der Waals surface area contributed by atoms with E-state index in [0.29, 0.717) is 12.4 Å². The number of hydrogen-bond acceptors (Lipinski definition) is 4. The molecule has 0 spiro atoms. The van der Waals surface area contributed by atoms with Gasteiger partial charge in [0.2, 0.25) is 0 Å². The Labute approximate surface area is 108 Å². The molecule has 0 N–H and O–H groups in total. The van der Waals surface area contributed by atoms with Gasteiger partial charge in [-0.1, -0.05) is 5.16 Å². The fraction of sp³-hybridized carbons (Fsp3) is 0.250. The summed E-state index contributed by atoms with van der Waals surface area (Å²) in [6.45, 7) is 2.49. The first-order valence-electron chi connectivity index (χ1n) is 5.56. The van der Waals surface area contributed by atoms with Crippen LogP contribution < -0.4 is 0 Å². The molecule has 3 aromatic heterocycles. The van der Waals surface area contributed by atoms with Crippen molar-refractivity contribution in [2.24, 2.45) is 0 Å². The third-order valence-electron chi connectivity index (χ3n) is 2.74. The van der Waals surface area contributed by atoms with Gasteiger partial charge in [0.15, 0.2) is 11.4 Å². The van der Waals surface area contributed by atoms with Gasteiger partial charge >= 0.3 is 0 Å². The van der Waals surface area contributed by atoms with E-state index in [1.54, 1.807) is 6.20 Å². The summed E-state index contributed by atoms with van der Waals surface area (Å²) in [5.41, 5.74) is 2.61. The second kappa shape index (κ2) is 4.42. The van der Waals surface area contributed by atoms with Crippen LogP contribution in [0.3, 0.4) is 0 Å². The summed E-state index contributed by atoms with van der Waals surface area (Å²) in [4.78, 5) is 8.96. The van der Waals surface area contributed by atoms with E-state index < -0.39 is 0 Å². The number of pyridine rings is 1. The van der Waals surface area contributed by atoms with Gasteiger partial charge in [-0.15, -0.1) is 11.6 Å². The third kappa shape index (κ3) is 1.86. The maximum absolute atomic E-state index is 5.93. The van der Waals surface area contributed by atoms with Crippen LogP contribution in [0.4, 0.5) is 0 Å². The number of nitrogens with zero attached hydrogens (tertiary/aromatic N) is 4. The Hall–Kier alpha value is -1.88. The van der Waals surface area contributed by atoms with Crippen LogP contribution >= 0.6 is 11.6 Å². The molecule has 0 aliphatic rings. The van der Waals surface area contributed by atoms with Gasteiger partial charge in [0, 0.05) is 11.8 Å². The van der Waals surface area contributed by atoms with E-state index in [-0.39, 0.29) is 0 Å². The first-order valence-corrected chi connectivity index (χ1v) is 6.09. The SMILES string of the molecule is Cc1ccc2nc(CCl)n(Cc3ccno3)c2n1. The number of aromatic nitrogens is 4. The molecule has 92 valence electrons. The monoisotopic (exact) mass is 262 g/mol. The summed E-state index contributed by atoms with van der Waals surface area (Å²) < 4.78 is 7.07. The lowest BCUT2D eigenvalue weighted by Crippen LogP contribution is -2.04. The third-order valence-corrected chi connectivity index (χ3v) is 2.97. The smallest absolute Gasteiger partial charge is 0.160 e. The van der Waals surface area contributed by atoms with Crippen molar-refractivity contribution in [1.29, 1.82) is 0 Å². The van der Waals surface area contributed by atoms with E-state index in [4.69, 9.17) is 16.1 Å². The van der Waals surface area contributed by atoms with Gasteiger partial charge in [-0.2, -0.15) is 0 Å². The molecule has 0 aromatic carbocycles. The molecule has 0 atom stereocenters.